The molecule has 5 aromatic rings. The van der Waals surface area contributed by atoms with Crippen molar-refractivity contribution in [2.45, 2.75) is 29.4 Å². The van der Waals surface area contributed by atoms with Gasteiger partial charge in [0.05, 0.1) is 7.11 Å². The Morgan fingerprint density at radius 3 is 2.91 bits per heavy atom. The lowest BCUT2D eigenvalue weighted by atomic mass is 10.2. The van der Waals surface area contributed by atoms with Crippen LogP contribution in [0.4, 0.5) is 0 Å². The van der Waals surface area contributed by atoms with E-state index in [1.165, 1.54) is 28.6 Å². The van der Waals surface area contributed by atoms with Gasteiger partial charge in [0.25, 0.3) is 0 Å². The van der Waals surface area contributed by atoms with E-state index in [1.54, 1.807) is 35.5 Å². The smallest absolute Gasteiger partial charge is 0.220 e. The third-order valence-electron chi connectivity index (χ3n) is 5.39. The quantitative estimate of drug-likeness (QED) is 0.358. The Morgan fingerprint density at radius 1 is 1.09 bits per heavy atom. The fraction of sp³-hybridized carbons (Fsp3) is 0.182. The van der Waals surface area contributed by atoms with E-state index in [0.717, 1.165) is 39.3 Å². The van der Waals surface area contributed by atoms with Crippen molar-refractivity contribution < 1.29 is 4.74 Å². The maximum atomic E-state index is 5.51. The van der Waals surface area contributed by atoms with Crippen molar-refractivity contribution in [3.8, 4) is 22.8 Å². The first kappa shape index (κ1) is 19.3. The number of aromatic nitrogens is 7. The van der Waals surface area contributed by atoms with Gasteiger partial charge in [0.15, 0.2) is 5.82 Å². The van der Waals surface area contributed by atoms with Gasteiger partial charge in [-0.05, 0) is 71.3 Å². The highest BCUT2D eigenvalue weighted by Gasteiger charge is 2.25. The van der Waals surface area contributed by atoms with Crippen molar-refractivity contribution in [3.05, 3.63) is 59.2 Å². The first-order valence-corrected chi connectivity index (χ1v) is 11.8. The second-order valence-corrected chi connectivity index (χ2v) is 9.32. The summed E-state index contributed by atoms with van der Waals surface area (Å²) in [6.45, 7) is 0. The van der Waals surface area contributed by atoms with Crippen LogP contribution < -0.4 is 4.74 Å². The Hall–Kier alpha value is -3.37. The van der Waals surface area contributed by atoms with Crippen LogP contribution in [-0.4, -0.2) is 42.3 Å². The lowest BCUT2D eigenvalue weighted by molar-refractivity contribution is 0.410. The number of fused-ring (bicyclic) bond motifs is 3. The van der Waals surface area contributed by atoms with Gasteiger partial charge in [-0.3, -0.25) is 4.98 Å². The lowest BCUT2D eigenvalue weighted by Crippen LogP contribution is -2.02. The lowest BCUT2D eigenvalue weighted by Gasteiger charge is -2.10. The van der Waals surface area contributed by atoms with E-state index >= 15 is 0 Å². The van der Waals surface area contributed by atoms with Gasteiger partial charge in [-0.1, -0.05) is 12.1 Å². The number of benzene rings is 1. The average molecular weight is 460 g/mol. The minimum atomic E-state index is 0.615. The molecule has 4 heterocycles. The standard InChI is InChI=1S/C22H17N7OS2/c1-30-16-9-3-2-8-15(16)29-22(26-27-28-29)32-21-18-14-7-4-10-17(14)31-20(18)24-19(25-21)13-6-5-11-23-12-13/h2-3,5-6,8-9,11-12H,4,7,10H2,1H3. The largest absolute Gasteiger partial charge is 0.494 e. The molecule has 0 fully saturated rings. The molecule has 0 bridgehead atoms. The normalized spacial score (nSPS) is 12.9. The predicted octanol–water partition coefficient (Wildman–Crippen LogP) is 4.38. The number of hydrogen-bond donors (Lipinski definition) is 0. The maximum Gasteiger partial charge on any atom is 0.220 e. The number of rotatable bonds is 5. The minimum Gasteiger partial charge on any atom is -0.494 e. The summed E-state index contributed by atoms with van der Waals surface area (Å²) < 4.78 is 7.20. The molecule has 0 saturated carbocycles. The van der Waals surface area contributed by atoms with Crippen molar-refractivity contribution in [1.82, 2.24) is 35.2 Å². The van der Waals surface area contributed by atoms with Gasteiger partial charge < -0.3 is 4.74 Å². The monoisotopic (exact) mass is 459 g/mol. The van der Waals surface area contributed by atoms with E-state index in [9.17, 15) is 0 Å². The SMILES string of the molecule is COc1ccccc1-n1nnnc1Sc1nc(-c2cccnc2)nc2sc3c(c12)CCC3. The summed E-state index contributed by atoms with van der Waals surface area (Å²) in [5.41, 5.74) is 3.02. The highest BCUT2D eigenvalue weighted by Crippen LogP contribution is 2.43. The molecule has 8 nitrogen and oxygen atoms in total. The van der Waals surface area contributed by atoms with Crippen LogP contribution in [0.3, 0.4) is 0 Å². The summed E-state index contributed by atoms with van der Waals surface area (Å²) in [6.07, 6.45) is 6.86. The van der Waals surface area contributed by atoms with Crippen LogP contribution >= 0.6 is 23.1 Å². The number of ether oxygens (including phenoxy) is 1. The topological polar surface area (TPSA) is 91.5 Å². The van der Waals surface area contributed by atoms with Crippen molar-refractivity contribution in [2.75, 3.05) is 7.11 Å². The van der Waals surface area contributed by atoms with Crippen LogP contribution in [0.2, 0.25) is 0 Å². The van der Waals surface area contributed by atoms with Gasteiger partial charge in [0, 0.05) is 28.2 Å². The molecule has 0 unspecified atom stereocenters. The van der Waals surface area contributed by atoms with Gasteiger partial charge in [-0.2, -0.15) is 4.68 Å². The number of aryl methyl sites for hydroxylation is 2. The molecule has 6 rings (SSSR count). The average Bonchev–Trinajstić information content (AvgIpc) is 3.55. The van der Waals surface area contributed by atoms with E-state index in [1.807, 2.05) is 36.4 Å². The molecule has 0 aliphatic heterocycles. The molecule has 1 aliphatic carbocycles. The molecule has 0 N–H and O–H groups in total. The van der Waals surface area contributed by atoms with Crippen LogP contribution in [0, 0.1) is 0 Å². The van der Waals surface area contributed by atoms with Crippen molar-refractivity contribution in [2.24, 2.45) is 0 Å². The Bertz CT molecular complexity index is 1430. The van der Waals surface area contributed by atoms with Crippen LogP contribution in [0.5, 0.6) is 5.75 Å². The van der Waals surface area contributed by atoms with E-state index in [0.29, 0.717) is 16.7 Å². The third-order valence-corrected chi connectivity index (χ3v) is 7.51. The van der Waals surface area contributed by atoms with Crippen molar-refractivity contribution >= 4 is 33.3 Å². The van der Waals surface area contributed by atoms with E-state index in [2.05, 4.69) is 20.5 Å². The number of para-hydroxylation sites is 2. The summed E-state index contributed by atoms with van der Waals surface area (Å²) >= 11 is 3.22. The van der Waals surface area contributed by atoms with E-state index in [-0.39, 0.29) is 0 Å². The number of nitrogens with zero attached hydrogens (tertiary/aromatic N) is 7. The summed E-state index contributed by atoms with van der Waals surface area (Å²) in [7, 11) is 1.64. The van der Waals surface area contributed by atoms with E-state index < -0.39 is 0 Å². The molecule has 158 valence electrons. The third kappa shape index (κ3) is 3.23. The molecule has 10 heteroatoms. The van der Waals surface area contributed by atoms with Crippen LogP contribution in [-0.2, 0) is 12.8 Å². The van der Waals surface area contributed by atoms with Crippen molar-refractivity contribution in [3.63, 3.8) is 0 Å². The first-order chi connectivity index (χ1) is 15.8. The number of hydrogen-bond acceptors (Lipinski definition) is 9. The maximum absolute atomic E-state index is 5.51. The highest BCUT2D eigenvalue weighted by atomic mass is 32.2. The molecule has 32 heavy (non-hydrogen) atoms. The Morgan fingerprint density at radius 2 is 2.03 bits per heavy atom. The second kappa shape index (κ2) is 7.95. The minimum absolute atomic E-state index is 0.615. The molecule has 0 amide bonds. The highest BCUT2D eigenvalue weighted by molar-refractivity contribution is 7.99. The number of pyridine rings is 1. The number of methoxy groups -OCH3 is 1. The summed E-state index contributed by atoms with van der Waals surface area (Å²) in [4.78, 5) is 16.5. The molecule has 0 atom stereocenters. The molecule has 1 aliphatic rings. The number of thiophene rings is 1. The fourth-order valence-electron chi connectivity index (χ4n) is 3.95. The molecule has 0 spiro atoms. The summed E-state index contributed by atoms with van der Waals surface area (Å²) in [5.74, 6) is 1.35. The van der Waals surface area contributed by atoms with Gasteiger partial charge >= 0.3 is 0 Å². The Kier molecular flexibility index (Phi) is 4.80. The Balaban J connectivity index is 1.51. The molecular formula is C22H17N7OS2. The summed E-state index contributed by atoms with van der Waals surface area (Å²) in [6, 6.07) is 11.5. The summed E-state index contributed by atoms with van der Waals surface area (Å²) in [5, 5.41) is 15.0. The zero-order valence-corrected chi connectivity index (χ0v) is 18.7. The predicted molar refractivity (Wildman–Crippen MR) is 123 cm³/mol. The van der Waals surface area contributed by atoms with Gasteiger partial charge in [0.1, 0.15) is 21.3 Å². The van der Waals surface area contributed by atoms with Gasteiger partial charge in [-0.25, -0.2) is 9.97 Å². The second-order valence-electron chi connectivity index (χ2n) is 7.28. The van der Waals surface area contributed by atoms with Crippen LogP contribution in [0.25, 0.3) is 27.3 Å². The molecule has 0 saturated heterocycles. The van der Waals surface area contributed by atoms with Gasteiger partial charge in [0.2, 0.25) is 5.16 Å². The van der Waals surface area contributed by atoms with Gasteiger partial charge in [-0.15, -0.1) is 16.4 Å². The van der Waals surface area contributed by atoms with Crippen LogP contribution in [0.15, 0.2) is 59.0 Å². The first-order valence-electron chi connectivity index (χ1n) is 10.1. The molecule has 4 aromatic heterocycles. The van der Waals surface area contributed by atoms with Crippen molar-refractivity contribution in [1.29, 1.82) is 0 Å². The van der Waals surface area contributed by atoms with Crippen LogP contribution in [0.1, 0.15) is 16.9 Å². The number of tetrazole rings is 1. The zero-order valence-electron chi connectivity index (χ0n) is 17.1. The zero-order chi connectivity index (χ0) is 21.5. The molecular weight excluding hydrogens is 442 g/mol. The molecule has 0 radical (unpaired) electrons. The fourth-order valence-corrected chi connectivity index (χ4v) is 6.20. The van der Waals surface area contributed by atoms with E-state index in [4.69, 9.17) is 14.7 Å². The Labute approximate surface area is 191 Å². The molecule has 1 aromatic carbocycles.